The number of methoxy groups -OCH3 is 1. The molecule has 2 fully saturated rings. The van der Waals surface area contributed by atoms with Crippen LogP contribution in [0.15, 0.2) is 48.8 Å². The first-order valence-corrected chi connectivity index (χ1v) is 9.93. The van der Waals surface area contributed by atoms with Gasteiger partial charge in [0.2, 0.25) is 0 Å². The lowest BCUT2D eigenvalue weighted by Crippen LogP contribution is -2.58. The number of aromatic nitrogens is 1. The molecule has 2 aliphatic rings. The SMILES string of the molecule is COc1ccc(CN2CCO[C@]3(COCCN(Cc4ccncc4)C3)C2)cc1. The van der Waals surface area contributed by atoms with Crippen LogP contribution in [-0.2, 0) is 22.6 Å². The Kier molecular flexibility index (Phi) is 6.22. The minimum absolute atomic E-state index is 0.270. The maximum Gasteiger partial charge on any atom is 0.118 e. The molecule has 2 aliphatic heterocycles. The molecule has 1 aromatic carbocycles. The first-order valence-electron chi connectivity index (χ1n) is 9.93. The van der Waals surface area contributed by atoms with Gasteiger partial charge in [-0.1, -0.05) is 12.1 Å². The van der Waals surface area contributed by atoms with E-state index >= 15 is 0 Å². The van der Waals surface area contributed by atoms with Gasteiger partial charge in [0.1, 0.15) is 11.4 Å². The Hall–Kier alpha value is -1.99. The number of hydrogen-bond acceptors (Lipinski definition) is 6. The fourth-order valence-corrected chi connectivity index (χ4v) is 4.10. The number of benzene rings is 1. The van der Waals surface area contributed by atoms with Gasteiger partial charge in [0.05, 0.1) is 26.9 Å². The normalized spacial score (nSPS) is 24.2. The summed E-state index contributed by atoms with van der Waals surface area (Å²) in [7, 11) is 1.70. The summed E-state index contributed by atoms with van der Waals surface area (Å²) >= 11 is 0. The number of hydrogen-bond donors (Lipinski definition) is 0. The predicted octanol–water partition coefficient (Wildman–Crippen LogP) is 2.19. The topological polar surface area (TPSA) is 47.1 Å². The second-order valence-electron chi connectivity index (χ2n) is 7.71. The molecule has 150 valence electrons. The number of nitrogens with zero attached hydrogens (tertiary/aromatic N) is 3. The van der Waals surface area contributed by atoms with E-state index in [2.05, 4.69) is 39.0 Å². The molecule has 1 spiro atoms. The van der Waals surface area contributed by atoms with Crippen LogP contribution in [0.1, 0.15) is 11.1 Å². The fourth-order valence-electron chi connectivity index (χ4n) is 4.10. The number of pyridine rings is 1. The average molecular weight is 383 g/mol. The van der Waals surface area contributed by atoms with Crippen LogP contribution in [-0.4, -0.2) is 73.5 Å². The summed E-state index contributed by atoms with van der Waals surface area (Å²) in [4.78, 5) is 9.04. The van der Waals surface area contributed by atoms with Gasteiger partial charge in [0, 0.05) is 51.7 Å². The highest BCUT2D eigenvalue weighted by molar-refractivity contribution is 5.27. The van der Waals surface area contributed by atoms with Gasteiger partial charge in [0.25, 0.3) is 0 Å². The van der Waals surface area contributed by atoms with Crippen molar-refractivity contribution in [1.82, 2.24) is 14.8 Å². The van der Waals surface area contributed by atoms with Crippen LogP contribution in [0.3, 0.4) is 0 Å². The van der Waals surface area contributed by atoms with E-state index in [1.165, 1.54) is 11.1 Å². The van der Waals surface area contributed by atoms with Crippen LogP contribution in [0.2, 0.25) is 0 Å². The highest BCUT2D eigenvalue weighted by atomic mass is 16.5. The minimum atomic E-state index is -0.270. The summed E-state index contributed by atoms with van der Waals surface area (Å²) < 4.78 is 17.5. The first-order chi connectivity index (χ1) is 13.7. The van der Waals surface area contributed by atoms with Gasteiger partial charge in [-0.15, -0.1) is 0 Å². The highest BCUT2D eigenvalue weighted by Crippen LogP contribution is 2.25. The van der Waals surface area contributed by atoms with Gasteiger partial charge >= 0.3 is 0 Å². The Morgan fingerprint density at radius 2 is 1.57 bits per heavy atom. The first kappa shape index (κ1) is 19.3. The van der Waals surface area contributed by atoms with Crippen molar-refractivity contribution in [2.24, 2.45) is 0 Å². The summed E-state index contributed by atoms with van der Waals surface area (Å²) in [6.45, 7) is 7.58. The molecule has 2 saturated heterocycles. The Balaban J connectivity index is 1.41. The zero-order valence-electron chi connectivity index (χ0n) is 16.5. The maximum atomic E-state index is 6.32. The molecule has 0 bridgehead atoms. The molecule has 0 saturated carbocycles. The molecule has 0 unspecified atom stereocenters. The van der Waals surface area contributed by atoms with E-state index in [1.807, 2.05) is 24.5 Å². The van der Waals surface area contributed by atoms with Gasteiger partial charge in [0.15, 0.2) is 0 Å². The van der Waals surface area contributed by atoms with Crippen LogP contribution < -0.4 is 4.74 Å². The third-order valence-electron chi connectivity index (χ3n) is 5.48. The zero-order chi connectivity index (χ0) is 19.2. The molecular formula is C22H29N3O3. The van der Waals surface area contributed by atoms with E-state index in [9.17, 15) is 0 Å². The van der Waals surface area contributed by atoms with Crippen molar-refractivity contribution in [3.8, 4) is 5.75 Å². The lowest BCUT2D eigenvalue weighted by molar-refractivity contribution is -0.143. The van der Waals surface area contributed by atoms with Gasteiger partial charge in [-0.3, -0.25) is 14.8 Å². The molecule has 6 heteroatoms. The van der Waals surface area contributed by atoms with Crippen LogP contribution in [0.5, 0.6) is 5.75 Å². The zero-order valence-corrected chi connectivity index (χ0v) is 16.5. The Morgan fingerprint density at radius 1 is 0.929 bits per heavy atom. The summed E-state index contributed by atoms with van der Waals surface area (Å²) in [6.07, 6.45) is 3.71. The summed E-state index contributed by atoms with van der Waals surface area (Å²) in [5.74, 6) is 0.895. The van der Waals surface area contributed by atoms with E-state index in [-0.39, 0.29) is 5.60 Å². The number of rotatable bonds is 5. The van der Waals surface area contributed by atoms with Crippen LogP contribution in [0, 0.1) is 0 Å². The quantitative estimate of drug-likeness (QED) is 0.789. The number of ether oxygens (including phenoxy) is 3. The Labute approximate surface area is 167 Å². The van der Waals surface area contributed by atoms with Crippen LogP contribution >= 0.6 is 0 Å². The Bertz CT molecular complexity index is 740. The monoisotopic (exact) mass is 383 g/mol. The fraction of sp³-hybridized carbons (Fsp3) is 0.500. The second kappa shape index (κ2) is 9.01. The average Bonchev–Trinajstić information content (AvgIpc) is 2.91. The molecule has 0 N–H and O–H groups in total. The van der Waals surface area contributed by atoms with Crippen LogP contribution in [0.25, 0.3) is 0 Å². The van der Waals surface area contributed by atoms with Gasteiger partial charge < -0.3 is 14.2 Å². The van der Waals surface area contributed by atoms with E-state index in [0.29, 0.717) is 6.61 Å². The summed E-state index contributed by atoms with van der Waals surface area (Å²) in [5.41, 5.74) is 2.30. The molecule has 0 aliphatic carbocycles. The lowest BCUT2D eigenvalue weighted by Gasteiger charge is -2.43. The van der Waals surface area contributed by atoms with E-state index in [0.717, 1.165) is 58.2 Å². The Morgan fingerprint density at radius 3 is 2.25 bits per heavy atom. The molecule has 28 heavy (non-hydrogen) atoms. The number of morpholine rings is 1. The van der Waals surface area contributed by atoms with E-state index in [1.54, 1.807) is 7.11 Å². The van der Waals surface area contributed by atoms with E-state index < -0.39 is 0 Å². The second-order valence-corrected chi connectivity index (χ2v) is 7.71. The van der Waals surface area contributed by atoms with Crippen molar-refractivity contribution in [2.45, 2.75) is 18.7 Å². The summed E-state index contributed by atoms with van der Waals surface area (Å²) in [5, 5.41) is 0. The standard InChI is InChI=1S/C22H29N3O3/c1-26-21-4-2-19(3-5-21)14-25-11-13-28-22(17-25)16-24(10-12-27-18-22)15-20-6-8-23-9-7-20/h2-9H,10-18H2,1H3/t22-/m0/s1. The van der Waals surface area contributed by atoms with E-state index in [4.69, 9.17) is 14.2 Å². The largest absolute Gasteiger partial charge is 0.497 e. The third-order valence-corrected chi connectivity index (χ3v) is 5.48. The molecule has 1 atom stereocenters. The molecule has 0 radical (unpaired) electrons. The lowest BCUT2D eigenvalue weighted by atomic mass is 10.0. The molecule has 3 heterocycles. The van der Waals surface area contributed by atoms with Gasteiger partial charge in [-0.05, 0) is 35.4 Å². The van der Waals surface area contributed by atoms with Crippen LogP contribution in [0.4, 0.5) is 0 Å². The summed E-state index contributed by atoms with van der Waals surface area (Å²) in [6, 6.07) is 12.5. The highest BCUT2D eigenvalue weighted by Gasteiger charge is 2.40. The molecule has 1 aromatic heterocycles. The maximum absolute atomic E-state index is 6.32. The van der Waals surface area contributed by atoms with Gasteiger partial charge in [-0.25, -0.2) is 0 Å². The third kappa shape index (κ3) is 4.89. The predicted molar refractivity (Wildman–Crippen MR) is 107 cm³/mol. The van der Waals surface area contributed by atoms with Crippen molar-refractivity contribution in [1.29, 1.82) is 0 Å². The molecular weight excluding hydrogens is 354 g/mol. The molecule has 4 rings (SSSR count). The minimum Gasteiger partial charge on any atom is -0.497 e. The van der Waals surface area contributed by atoms with Crippen molar-refractivity contribution in [3.63, 3.8) is 0 Å². The van der Waals surface area contributed by atoms with Crippen molar-refractivity contribution < 1.29 is 14.2 Å². The molecule has 0 amide bonds. The molecule has 6 nitrogen and oxygen atoms in total. The van der Waals surface area contributed by atoms with Crippen molar-refractivity contribution in [2.75, 3.05) is 53.1 Å². The van der Waals surface area contributed by atoms with Crippen molar-refractivity contribution in [3.05, 3.63) is 59.9 Å². The van der Waals surface area contributed by atoms with Gasteiger partial charge in [-0.2, -0.15) is 0 Å². The molecule has 2 aromatic rings. The van der Waals surface area contributed by atoms with Crippen molar-refractivity contribution >= 4 is 0 Å². The smallest absolute Gasteiger partial charge is 0.118 e.